The lowest BCUT2D eigenvalue weighted by atomic mass is 9.44. The molecule has 4 fully saturated rings. The lowest BCUT2D eigenvalue weighted by molar-refractivity contribution is -0.351. The van der Waals surface area contributed by atoms with Gasteiger partial charge in [-0.25, -0.2) is 9.37 Å². The van der Waals surface area contributed by atoms with Gasteiger partial charge in [-0.05, 0) is 38.2 Å². The first kappa shape index (κ1) is 22.8. The van der Waals surface area contributed by atoms with Crippen LogP contribution in [-0.4, -0.2) is 45.4 Å². The number of Topliss-reactive ketones (excluding diaryl/α,β-unsaturated/α-hetero) is 1. The fourth-order valence-corrected chi connectivity index (χ4v) is 6.01. The van der Waals surface area contributed by atoms with Crippen molar-refractivity contribution in [2.45, 2.75) is 74.1 Å². The number of hydrogen-bond acceptors (Lipinski definition) is 5. The average molecular weight is 514 g/mol. The number of alkyl halides is 3. The minimum atomic E-state index is -4.62. The van der Waals surface area contributed by atoms with Crippen molar-refractivity contribution in [3.05, 3.63) is 46.8 Å². The second-order valence-corrected chi connectivity index (χ2v) is 10.5. The number of hydrogen-bond donors (Lipinski definition) is 1. The van der Waals surface area contributed by atoms with E-state index < -0.39 is 35.8 Å². The molecule has 1 aliphatic heterocycles. The summed E-state index contributed by atoms with van der Waals surface area (Å²) in [5.74, 6) is -1.56. The maximum Gasteiger partial charge on any atom is 0.522 e. The third-order valence-electron chi connectivity index (χ3n) is 7.61. The fraction of sp³-hybridized carbons (Fsp3) is 0.522. The van der Waals surface area contributed by atoms with Crippen LogP contribution in [0.5, 0.6) is 5.75 Å². The zero-order valence-corrected chi connectivity index (χ0v) is 19.0. The Labute approximate surface area is 201 Å². The Morgan fingerprint density at radius 3 is 2.66 bits per heavy atom. The summed E-state index contributed by atoms with van der Waals surface area (Å²) in [5, 5.41) is 2.80. The van der Waals surface area contributed by atoms with E-state index in [-0.39, 0.29) is 52.8 Å². The smallest absolute Gasteiger partial charge is 0.479 e. The summed E-state index contributed by atoms with van der Waals surface area (Å²) in [7, 11) is 0. The zero-order valence-electron chi connectivity index (χ0n) is 18.2. The number of ketones is 1. The molecule has 7 rings (SSSR count). The molecule has 0 radical (unpaired) electrons. The summed E-state index contributed by atoms with van der Waals surface area (Å²) < 4.78 is 62.4. The van der Waals surface area contributed by atoms with Crippen molar-refractivity contribution in [2.24, 2.45) is 0 Å². The third kappa shape index (κ3) is 3.79. The van der Waals surface area contributed by atoms with Crippen LogP contribution in [0.25, 0.3) is 0 Å². The van der Waals surface area contributed by atoms with Gasteiger partial charge in [0.05, 0.1) is 40.7 Å². The van der Waals surface area contributed by atoms with Crippen molar-refractivity contribution in [3.63, 3.8) is 0 Å². The first-order valence-corrected chi connectivity index (χ1v) is 11.6. The van der Waals surface area contributed by atoms with Crippen LogP contribution in [0, 0.1) is 5.82 Å². The molecule has 0 saturated heterocycles. The highest BCUT2D eigenvalue weighted by Gasteiger charge is 2.70. The van der Waals surface area contributed by atoms with Gasteiger partial charge < -0.3 is 14.6 Å². The maximum absolute atomic E-state index is 13.8. The van der Waals surface area contributed by atoms with Crippen LogP contribution in [0.2, 0.25) is 5.02 Å². The molecule has 7 nitrogen and oxygen atoms in total. The van der Waals surface area contributed by atoms with Crippen LogP contribution in [0.1, 0.15) is 60.5 Å². The summed E-state index contributed by atoms with van der Waals surface area (Å²) in [6.45, 7) is 0. The van der Waals surface area contributed by atoms with Crippen molar-refractivity contribution in [2.75, 3.05) is 0 Å². The number of imidazole rings is 1. The Morgan fingerprint density at radius 1 is 1.26 bits per heavy atom. The molecular weight excluding hydrogens is 494 g/mol. The van der Waals surface area contributed by atoms with E-state index in [1.165, 1.54) is 6.07 Å². The molecule has 186 valence electrons. The third-order valence-corrected chi connectivity index (χ3v) is 7.90. The van der Waals surface area contributed by atoms with Crippen LogP contribution in [-0.2, 0) is 15.1 Å². The van der Waals surface area contributed by atoms with Crippen molar-refractivity contribution < 1.29 is 36.6 Å². The number of amides is 1. The van der Waals surface area contributed by atoms with Gasteiger partial charge in [0, 0.05) is 23.7 Å². The van der Waals surface area contributed by atoms with Gasteiger partial charge in [-0.1, -0.05) is 11.6 Å². The highest BCUT2D eigenvalue weighted by atomic mass is 35.5. The normalized spacial score (nSPS) is 33.1. The topological polar surface area (TPSA) is 82.5 Å². The number of benzene rings is 1. The number of carbonyl (C=O) groups is 2. The van der Waals surface area contributed by atoms with Crippen molar-refractivity contribution in [1.82, 2.24) is 14.9 Å². The Hall–Kier alpha value is -2.66. The monoisotopic (exact) mass is 513 g/mol. The highest BCUT2D eigenvalue weighted by Crippen LogP contribution is 2.65. The van der Waals surface area contributed by atoms with Gasteiger partial charge in [-0.15, -0.1) is 13.2 Å². The molecule has 1 N–H and O–H groups in total. The van der Waals surface area contributed by atoms with Gasteiger partial charge in [0.1, 0.15) is 11.6 Å². The quantitative estimate of drug-likeness (QED) is 0.605. The van der Waals surface area contributed by atoms with Crippen molar-refractivity contribution in [1.29, 1.82) is 0 Å². The number of carbonyl (C=O) groups excluding carboxylic acids is 2. The van der Waals surface area contributed by atoms with Gasteiger partial charge in [-0.3, -0.25) is 14.3 Å². The average Bonchev–Trinajstić information content (AvgIpc) is 3.15. The molecule has 2 bridgehead atoms. The van der Waals surface area contributed by atoms with Crippen molar-refractivity contribution >= 4 is 23.3 Å². The zero-order chi connectivity index (χ0) is 24.8. The standard InChI is InChI=1S/C23H20ClF4N3O4/c24-14-3-13-17(32)5-19(34-18(13)4-15(14)25)20(33)30-21-7-22(8-21,9-21)31-6-16(29-10-31)11-1-12(2-11)35-23(26,27)28/h3-4,6,10-12,19H,1-2,5,7-9H2,(H,30,33)/t11?,12?,19-,21?,22?/m1/s1. The molecule has 35 heavy (non-hydrogen) atoms. The molecule has 4 aliphatic carbocycles. The molecule has 1 aromatic heterocycles. The molecule has 2 heterocycles. The Balaban J connectivity index is 1.04. The summed E-state index contributed by atoms with van der Waals surface area (Å²) in [5.41, 5.74) is 0.320. The van der Waals surface area contributed by atoms with E-state index in [2.05, 4.69) is 15.0 Å². The Bertz CT molecular complexity index is 1220. The molecule has 12 heteroatoms. The van der Waals surface area contributed by atoms with E-state index in [0.29, 0.717) is 19.3 Å². The minimum Gasteiger partial charge on any atom is -0.479 e. The van der Waals surface area contributed by atoms with Crippen LogP contribution in [0.15, 0.2) is 24.7 Å². The predicted octanol–water partition coefficient (Wildman–Crippen LogP) is 4.24. The fourth-order valence-electron chi connectivity index (χ4n) is 5.85. The minimum absolute atomic E-state index is 0.00202. The van der Waals surface area contributed by atoms with Crippen LogP contribution in [0.3, 0.4) is 0 Å². The Kier molecular flexibility index (Phi) is 4.83. The van der Waals surface area contributed by atoms with Crippen LogP contribution >= 0.6 is 11.6 Å². The molecule has 5 aliphatic rings. The van der Waals surface area contributed by atoms with E-state index in [1.807, 2.05) is 10.8 Å². The van der Waals surface area contributed by atoms with E-state index in [9.17, 15) is 27.2 Å². The maximum atomic E-state index is 13.8. The SMILES string of the molecule is O=C1C[C@H](C(=O)NC23CC(n4cnc(C5CC(OC(F)(F)F)C5)c4)(C2)C3)Oc2cc(F)c(Cl)cc21. The number of nitrogens with one attached hydrogen (secondary N) is 1. The van der Waals surface area contributed by atoms with E-state index in [4.69, 9.17) is 16.3 Å². The molecule has 1 atom stereocenters. The number of nitrogens with zero attached hydrogens (tertiary/aromatic N) is 2. The predicted molar refractivity (Wildman–Crippen MR) is 113 cm³/mol. The van der Waals surface area contributed by atoms with Gasteiger partial charge in [-0.2, -0.15) is 0 Å². The number of ether oxygens (including phenoxy) is 2. The van der Waals surface area contributed by atoms with Crippen molar-refractivity contribution in [3.8, 4) is 5.75 Å². The van der Waals surface area contributed by atoms with E-state index in [1.54, 1.807) is 6.33 Å². The summed E-state index contributed by atoms with van der Waals surface area (Å²) >= 11 is 5.74. The van der Waals surface area contributed by atoms with E-state index >= 15 is 0 Å². The largest absolute Gasteiger partial charge is 0.522 e. The first-order valence-electron chi connectivity index (χ1n) is 11.2. The van der Waals surface area contributed by atoms with Gasteiger partial charge in [0.25, 0.3) is 5.91 Å². The molecular formula is C23H20ClF4N3O4. The Morgan fingerprint density at radius 2 is 1.97 bits per heavy atom. The van der Waals surface area contributed by atoms with Crippen LogP contribution < -0.4 is 10.1 Å². The van der Waals surface area contributed by atoms with Crippen LogP contribution in [0.4, 0.5) is 17.6 Å². The molecule has 1 amide bonds. The lowest BCUT2D eigenvalue weighted by Crippen LogP contribution is -2.79. The molecule has 0 unspecified atom stereocenters. The summed E-state index contributed by atoms with van der Waals surface area (Å²) in [6.07, 6.45) is -0.508. The summed E-state index contributed by atoms with van der Waals surface area (Å²) in [4.78, 5) is 29.6. The molecule has 4 saturated carbocycles. The second-order valence-electron chi connectivity index (χ2n) is 10.1. The highest BCUT2D eigenvalue weighted by molar-refractivity contribution is 6.31. The molecule has 0 spiro atoms. The summed E-state index contributed by atoms with van der Waals surface area (Å²) in [6, 6.07) is 2.22. The number of rotatable bonds is 5. The van der Waals surface area contributed by atoms with Gasteiger partial charge in [0.15, 0.2) is 11.9 Å². The number of aromatic nitrogens is 2. The lowest BCUT2D eigenvalue weighted by Gasteiger charge is -2.70. The van der Waals surface area contributed by atoms with E-state index in [0.717, 1.165) is 11.8 Å². The van der Waals surface area contributed by atoms with Gasteiger partial charge in [0.2, 0.25) is 0 Å². The number of fused-ring (bicyclic) bond motifs is 1. The second kappa shape index (κ2) is 7.42. The van der Waals surface area contributed by atoms with Gasteiger partial charge >= 0.3 is 6.36 Å². The molecule has 1 aromatic carbocycles. The molecule has 2 aromatic rings. The first-order chi connectivity index (χ1) is 16.4. The number of halogens is 5.